The molecule has 0 saturated carbocycles. The highest BCUT2D eigenvalue weighted by molar-refractivity contribution is 5.37. The van der Waals surface area contributed by atoms with Crippen molar-refractivity contribution in [1.29, 1.82) is 0 Å². The fourth-order valence-corrected chi connectivity index (χ4v) is 2.29. The monoisotopic (exact) mass is 284 g/mol. The van der Waals surface area contributed by atoms with E-state index in [1.165, 1.54) is 4.40 Å². The first kappa shape index (κ1) is 13.5. The van der Waals surface area contributed by atoms with Crippen LogP contribution in [-0.4, -0.2) is 26.5 Å². The summed E-state index contributed by atoms with van der Waals surface area (Å²) in [5, 5.41) is 3.96. The average molecular weight is 284 g/mol. The van der Waals surface area contributed by atoms with Crippen molar-refractivity contribution in [2.24, 2.45) is 0 Å². The van der Waals surface area contributed by atoms with Gasteiger partial charge in [0.2, 0.25) is 0 Å². The molecule has 0 aliphatic heterocycles. The van der Waals surface area contributed by atoms with Crippen molar-refractivity contribution < 1.29 is 4.52 Å². The zero-order chi connectivity index (χ0) is 14.8. The molecule has 0 fully saturated rings. The van der Waals surface area contributed by atoms with Crippen LogP contribution in [-0.2, 0) is 13.1 Å². The predicted molar refractivity (Wildman–Crippen MR) is 77.9 cm³/mol. The van der Waals surface area contributed by atoms with Crippen molar-refractivity contribution in [1.82, 2.24) is 19.4 Å². The van der Waals surface area contributed by atoms with Gasteiger partial charge in [-0.25, -0.2) is 4.98 Å². The third-order valence-electron chi connectivity index (χ3n) is 3.16. The van der Waals surface area contributed by atoms with Crippen LogP contribution in [0, 0.1) is 6.92 Å². The summed E-state index contributed by atoms with van der Waals surface area (Å²) in [5.41, 5.74) is 2.20. The molecule has 0 bridgehead atoms. The average Bonchev–Trinajstić information content (AvgIpc) is 2.84. The van der Waals surface area contributed by atoms with E-state index >= 15 is 0 Å². The van der Waals surface area contributed by atoms with Crippen LogP contribution >= 0.6 is 0 Å². The van der Waals surface area contributed by atoms with Crippen LogP contribution in [0.15, 0.2) is 45.8 Å². The number of hydrogen-bond acceptors (Lipinski definition) is 5. The molecule has 0 unspecified atom stereocenters. The highest BCUT2D eigenvalue weighted by Crippen LogP contribution is 2.07. The topological polar surface area (TPSA) is 63.6 Å². The van der Waals surface area contributed by atoms with Gasteiger partial charge in [0.05, 0.1) is 11.4 Å². The van der Waals surface area contributed by atoms with Crippen molar-refractivity contribution in [3.63, 3.8) is 0 Å². The van der Waals surface area contributed by atoms with Crippen molar-refractivity contribution in [3.05, 3.63) is 64.0 Å². The van der Waals surface area contributed by atoms with Gasteiger partial charge in [-0.3, -0.25) is 14.1 Å². The second-order valence-electron chi connectivity index (χ2n) is 5.12. The molecule has 3 rings (SSSR count). The summed E-state index contributed by atoms with van der Waals surface area (Å²) in [6, 6.07) is 8.98. The Morgan fingerprint density at radius 3 is 2.81 bits per heavy atom. The number of rotatable bonds is 4. The summed E-state index contributed by atoms with van der Waals surface area (Å²) in [4.78, 5) is 18.6. The van der Waals surface area contributed by atoms with Crippen LogP contribution in [0.25, 0.3) is 5.65 Å². The van der Waals surface area contributed by atoms with Crippen LogP contribution in [0.1, 0.15) is 17.1 Å². The van der Waals surface area contributed by atoms with Gasteiger partial charge in [0.1, 0.15) is 11.4 Å². The first-order chi connectivity index (χ1) is 10.1. The molecular weight excluding hydrogens is 268 g/mol. The van der Waals surface area contributed by atoms with E-state index in [2.05, 4.69) is 10.1 Å². The highest BCUT2D eigenvalue weighted by Gasteiger charge is 2.08. The maximum Gasteiger partial charge on any atom is 0.258 e. The Morgan fingerprint density at radius 1 is 1.24 bits per heavy atom. The minimum atomic E-state index is -0.0683. The number of nitrogens with zero attached hydrogens (tertiary/aromatic N) is 4. The molecule has 0 aliphatic rings. The number of fused-ring (bicyclic) bond motifs is 1. The molecule has 0 saturated heterocycles. The molecule has 0 aromatic carbocycles. The Bertz CT molecular complexity index is 822. The standard InChI is InChI=1S/C15H16N4O2/c1-11-7-13(17-21-11)10-18(2)9-12-8-15(20)19-6-4-3-5-14(19)16-12/h3-8H,9-10H2,1-2H3. The summed E-state index contributed by atoms with van der Waals surface area (Å²) >= 11 is 0. The molecule has 21 heavy (non-hydrogen) atoms. The van der Waals surface area contributed by atoms with Gasteiger partial charge in [-0.2, -0.15) is 0 Å². The SMILES string of the molecule is Cc1cc(CN(C)Cc2cc(=O)n3ccccc3n2)no1. The lowest BCUT2D eigenvalue weighted by Gasteiger charge is -2.14. The molecule has 0 amide bonds. The molecule has 0 spiro atoms. The summed E-state index contributed by atoms with van der Waals surface area (Å²) in [5.74, 6) is 0.792. The maximum absolute atomic E-state index is 12.0. The molecule has 0 radical (unpaired) electrons. The molecule has 0 atom stereocenters. The van der Waals surface area contributed by atoms with Crippen LogP contribution in [0.4, 0.5) is 0 Å². The quantitative estimate of drug-likeness (QED) is 0.728. The van der Waals surface area contributed by atoms with Crippen LogP contribution < -0.4 is 5.56 Å². The molecule has 6 nitrogen and oxygen atoms in total. The van der Waals surface area contributed by atoms with Gasteiger partial charge in [-0.05, 0) is 26.1 Å². The van der Waals surface area contributed by atoms with Gasteiger partial charge < -0.3 is 4.52 Å². The van der Waals surface area contributed by atoms with E-state index in [0.717, 1.165) is 17.1 Å². The summed E-state index contributed by atoms with van der Waals surface area (Å²) in [6.07, 6.45) is 1.72. The molecule has 108 valence electrons. The van der Waals surface area contributed by atoms with Crippen molar-refractivity contribution in [2.75, 3.05) is 7.05 Å². The van der Waals surface area contributed by atoms with Gasteiger partial charge in [0, 0.05) is 31.4 Å². The van der Waals surface area contributed by atoms with Crippen molar-refractivity contribution >= 4 is 5.65 Å². The molecule has 0 N–H and O–H groups in total. The largest absolute Gasteiger partial charge is 0.361 e. The summed E-state index contributed by atoms with van der Waals surface area (Å²) in [6.45, 7) is 3.09. The number of pyridine rings is 1. The van der Waals surface area contributed by atoms with E-state index in [-0.39, 0.29) is 5.56 Å². The first-order valence-corrected chi connectivity index (χ1v) is 6.70. The Labute approximate surface area is 121 Å². The molecule has 3 aromatic heterocycles. The fourth-order valence-electron chi connectivity index (χ4n) is 2.29. The predicted octanol–water partition coefficient (Wildman–Crippen LogP) is 1.62. The first-order valence-electron chi connectivity index (χ1n) is 6.70. The molecule has 6 heteroatoms. The van der Waals surface area contributed by atoms with Crippen molar-refractivity contribution in [2.45, 2.75) is 20.0 Å². The zero-order valence-electron chi connectivity index (χ0n) is 12.0. The third kappa shape index (κ3) is 3.00. The van der Waals surface area contributed by atoms with Gasteiger partial charge >= 0.3 is 0 Å². The third-order valence-corrected chi connectivity index (χ3v) is 3.16. The van der Waals surface area contributed by atoms with Gasteiger partial charge in [-0.1, -0.05) is 11.2 Å². The smallest absolute Gasteiger partial charge is 0.258 e. The van der Waals surface area contributed by atoms with E-state index in [1.54, 1.807) is 12.3 Å². The summed E-state index contributed by atoms with van der Waals surface area (Å²) in [7, 11) is 1.96. The molecule has 0 aliphatic carbocycles. The molecule has 3 aromatic rings. The van der Waals surface area contributed by atoms with Crippen LogP contribution in [0.2, 0.25) is 0 Å². The second-order valence-corrected chi connectivity index (χ2v) is 5.12. The lowest BCUT2D eigenvalue weighted by Crippen LogP contribution is -2.21. The fraction of sp³-hybridized carbons (Fsp3) is 0.267. The van der Waals surface area contributed by atoms with Crippen LogP contribution in [0.5, 0.6) is 0 Å². The second kappa shape index (κ2) is 5.49. The van der Waals surface area contributed by atoms with E-state index in [4.69, 9.17) is 4.52 Å². The van der Waals surface area contributed by atoms with Gasteiger partial charge in [0.15, 0.2) is 0 Å². The number of aryl methyl sites for hydroxylation is 1. The number of aromatic nitrogens is 3. The Balaban J connectivity index is 1.79. The highest BCUT2D eigenvalue weighted by atomic mass is 16.5. The minimum absolute atomic E-state index is 0.0683. The maximum atomic E-state index is 12.0. The van der Waals surface area contributed by atoms with E-state index in [9.17, 15) is 4.79 Å². The zero-order valence-corrected chi connectivity index (χ0v) is 12.0. The van der Waals surface area contributed by atoms with E-state index in [0.29, 0.717) is 18.7 Å². The van der Waals surface area contributed by atoms with Crippen LogP contribution in [0.3, 0.4) is 0 Å². The minimum Gasteiger partial charge on any atom is -0.361 e. The molecular formula is C15H16N4O2. The summed E-state index contributed by atoms with van der Waals surface area (Å²) < 4.78 is 6.58. The lowest BCUT2D eigenvalue weighted by molar-refractivity contribution is 0.299. The van der Waals surface area contributed by atoms with Gasteiger partial charge in [-0.15, -0.1) is 0 Å². The Hall–Kier alpha value is -2.47. The van der Waals surface area contributed by atoms with E-state index < -0.39 is 0 Å². The lowest BCUT2D eigenvalue weighted by atomic mass is 10.3. The van der Waals surface area contributed by atoms with E-state index in [1.807, 2.05) is 43.1 Å². The van der Waals surface area contributed by atoms with Crippen molar-refractivity contribution in [3.8, 4) is 0 Å². The normalized spacial score (nSPS) is 11.4. The Kier molecular flexibility index (Phi) is 3.53. The Morgan fingerprint density at radius 2 is 2.05 bits per heavy atom. The van der Waals surface area contributed by atoms with Gasteiger partial charge in [0.25, 0.3) is 5.56 Å². The molecule has 3 heterocycles. The number of hydrogen-bond donors (Lipinski definition) is 0.